The second kappa shape index (κ2) is 3.14. The van der Waals surface area contributed by atoms with Gasteiger partial charge in [-0.25, -0.2) is 0 Å². The molecule has 0 saturated carbocycles. The van der Waals surface area contributed by atoms with Gasteiger partial charge < -0.3 is 5.73 Å². The molecule has 2 heterocycles. The third kappa shape index (κ3) is 1.67. The second-order valence-corrected chi connectivity index (χ2v) is 4.07. The summed E-state index contributed by atoms with van der Waals surface area (Å²) in [4.78, 5) is 2.37. The predicted octanol–water partition coefficient (Wildman–Crippen LogP) is 2.10. The Morgan fingerprint density at radius 2 is 2.23 bits per heavy atom. The van der Waals surface area contributed by atoms with Gasteiger partial charge in [0.2, 0.25) is 0 Å². The zero-order valence-corrected chi connectivity index (χ0v) is 8.01. The normalized spacial score (nSPS) is 10.2. The Bertz CT molecular complexity index is 422. The summed E-state index contributed by atoms with van der Waals surface area (Å²) >= 11 is 1.69. The molecular weight excluding hydrogens is 182 g/mol. The van der Waals surface area contributed by atoms with E-state index in [0.29, 0.717) is 5.69 Å². The molecular formula is C9H9N3S. The fourth-order valence-corrected chi connectivity index (χ4v) is 1.90. The van der Waals surface area contributed by atoms with Crippen molar-refractivity contribution in [3.8, 4) is 10.6 Å². The van der Waals surface area contributed by atoms with Gasteiger partial charge >= 0.3 is 0 Å². The van der Waals surface area contributed by atoms with Gasteiger partial charge in [-0.2, -0.15) is 5.10 Å². The van der Waals surface area contributed by atoms with Gasteiger partial charge in [0.25, 0.3) is 0 Å². The zero-order valence-electron chi connectivity index (χ0n) is 7.19. The molecule has 0 saturated heterocycles. The van der Waals surface area contributed by atoms with Crippen LogP contribution >= 0.6 is 11.3 Å². The van der Waals surface area contributed by atoms with Crippen LogP contribution in [0.5, 0.6) is 0 Å². The highest BCUT2D eigenvalue weighted by Crippen LogP contribution is 2.26. The minimum Gasteiger partial charge on any atom is -0.397 e. The standard InChI is InChI=1S/C9H9N3S/c1-6-2-3-9(13-6)8-4-7(10)5-11-12-8/h2-5H,1H3,(H2,10,12). The van der Waals surface area contributed by atoms with E-state index in [0.717, 1.165) is 10.6 Å². The highest BCUT2D eigenvalue weighted by atomic mass is 32.1. The van der Waals surface area contributed by atoms with Crippen LogP contribution in [0.3, 0.4) is 0 Å². The van der Waals surface area contributed by atoms with Crippen LogP contribution in [-0.2, 0) is 0 Å². The van der Waals surface area contributed by atoms with Crippen molar-refractivity contribution < 1.29 is 0 Å². The number of hydrogen-bond donors (Lipinski definition) is 1. The van der Waals surface area contributed by atoms with Crippen molar-refractivity contribution in [3.63, 3.8) is 0 Å². The Morgan fingerprint density at radius 3 is 2.85 bits per heavy atom. The largest absolute Gasteiger partial charge is 0.397 e. The van der Waals surface area contributed by atoms with Gasteiger partial charge in [0.15, 0.2) is 0 Å². The molecule has 0 aliphatic heterocycles. The highest BCUT2D eigenvalue weighted by molar-refractivity contribution is 7.15. The van der Waals surface area contributed by atoms with Crippen molar-refractivity contribution in [1.82, 2.24) is 10.2 Å². The predicted molar refractivity (Wildman–Crippen MR) is 54.5 cm³/mol. The molecule has 4 heteroatoms. The topological polar surface area (TPSA) is 51.8 Å². The van der Waals surface area contributed by atoms with Crippen molar-refractivity contribution in [1.29, 1.82) is 0 Å². The Hall–Kier alpha value is -1.42. The van der Waals surface area contributed by atoms with E-state index in [-0.39, 0.29) is 0 Å². The molecule has 2 N–H and O–H groups in total. The molecule has 0 radical (unpaired) electrons. The number of aryl methyl sites for hydroxylation is 1. The first kappa shape index (κ1) is 8.19. The number of thiophene rings is 1. The third-order valence-electron chi connectivity index (χ3n) is 1.67. The Balaban J connectivity index is 2.46. The summed E-state index contributed by atoms with van der Waals surface area (Å²) in [7, 11) is 0. The van der Waals surface area contributed by atoms with Crippen molar-refractivity contribution in [2.45, 2.75) is 6.92 Å². The lowest BCUT2D eigenvalue weighted by Crippen LogP contribution is -1.90. The summed E-state index contributed by atoms with van der Waals surface area (Å²) < 4.78 is 0. The molecule has 0 aliphatic rings. The fourth-order valence-electron chi connectivity index (χ4n) is 1.07. The summed E-state index contributed by atoms with van der Waals surface area (Å²) in [6.07, 6.45) is 1.55. The van der Waals surface area contributed by atoms with Gasteiger partial charge in [-0.15, -0.1) is 16.4 Å². The summed E-state index contributed by atoms with van der Waals surface area (Å²) in [5.74, 6) is 0. The molecule has 3 nitrogen and oxygen atoms in total. The van der Waals surface area contributed by atoms with E-state index >= 15 is 0 Å². The molecule has 0 aliphatic carbocycles. The molecule has 2 aromatic heterocycles. The van der Waals surface area contributed by atoms with Crippen LogP contribution in [0, 0.1) is 6.92 Å². The Morgan fingerprint density at radius 1 is 1.38 bits per heavy atom. The molecule has 13 heavy (non-hydrogen) atoms. The first-order chi connectivity index (χ1) is 6.25. The quantitative estimate of drug-likeness (QED) is 0.751. The fraction of sp³-hybridized carbons (Fsp3) is 0.111. The third-order valence-corrected chi connectivity index (χ3v) is 2.69. The van der Waals surface area contributed by atoms with Crippen molar-refractivity contribution >= 4 is 17.0 Å². The van der Waals surface area contributed by atoms with E-state index in [4.69, 9.17) is 5.73 Å². The molecule has 0 unspecified atom stereocenters. The summed E-state index contributed by atoms with van der Waals surface area (Å²) in [5.41, 5.74) is 7.10. The molecule has 0 bridgehead atoms. The number of nitrogen functional groups attached to an aromatic ring is 1. The number of rotatable bonds is 1. The average Bonchev–Trinajstić information content (AvgIpc) is 2.52. The first-order valence-corrected chi connectivity index (χ1v) is 4.72. The van der Waals surface area contributed by atoms with Gasteiger partial charge in [0, 0.05) is 4.88 Å². The molecule has 66 valence electrons. The maximum atomic E-state index is 5.60. The number of nitrogens with zero attached hydrogens (tertiary/aromatic N) is 2. The lowest BCUT2D eigenvalue weighted by Gasteiger charge is -1.95. The molecule has 0 atom stereocenters. The number of aromatic nitrogens is 2. The molecule has 0 spiro atoms. The molecule has 2 rings (SSSR count). The molecule has 0 aromatic carbocycles. The number of hydrogen-bond acceptors (Lipinski definition) is 4. The zero-order chi connectivity index (χ0) is 9.26. The van der Waals surface area contributed by atoms with Crippen molar-refractivity contribution in [3.05, 3.63) is 29.3 Å². The van der Waals surface area contributed by atoms with E-state index in [9.17, 15) is 0 Å². The molecule has 0 fully saturated rings. The van der Waals surface area contributed by atoms with Crippen LogP contribution in [0.4, 0.5) is 5.69 Å². The minimum atomic E-state index is 0.649. The van der Waals surface area contributed by atoms with Crippen molar-refractivity contribution in [2.24, 2.45) is 0 Å². The maximum absolute atomic E-state index is 5.60. The van der Waals surface area contributed by atoms with Crippen LogP contribution < -0.4 is 5.73 Å². The lowest BCUT2D eigenvalue weighted by molar-refractivity contribution is 1.04. The minimum absolute atomic E-state index is 0.649. The van der Waals surface area contributed by atoms with Crippen LogP contribution in [0.25, 0.3) is 10.6 Å². The van der Waals surface area contributed by atoms with Crippen LogP contribution in [0.1, 0.15) is 4.88 Å². The molecule has 2 aromatic rings. The van der Waals surface area contributed by atoms with Gasteiger partial charge in [-0.1, -0.05) is 0 Å². The van der Waals surface area contributed by atoms with E-state index in [1.165, 1.54) is 4.88 Å². The lowest BCUT2D eigenvalue weighted by atomic mass is 10.3. The summed E-state index contributed by atoms with van der Waals surface area (Å²) in [6.45, 7) is 2.06. The summed E-state index contributed by atoms with van der Waals surface area (Å²) in [5, 5.41) is 7.81. The summed E-state index contributed by atoms with van der Waals surface area (Å²) in [6, 6.07) is 5.92. The Kier molecular flexibility index (Phi) is 1.98. The monoisotopic (exact) mass is 191 g/mol. The average molecular weight is 191 g/mol. The Labute approximate surface area is 80.2 Å². The van der Waals surface area contributed by atoms with Crippen LogP contribution in [0.15, 0.2) is 24.4 Å². The number of anilines is 1. The highest BCUT2D eigenvalue weighted by Gasteiger charge is 2.02. The van der Waals surface area contributed by atoms with Gasteiger partial charge in [0.1, 0.15) is 5.69 Å². The smallest absolute Gasteiger partial charge is 0.105 e. The molecule has 0 amide bonds. The van der Waals surface area contributed by atoms with Crippen LogP contribution in [-0.4, -0.2) is 10.2 Å². The van der Waals surface area contributed by atoms with Gasteiger partial charge in [0.05, 0.1) is 16.8 Å². The first-order valence-electron chi connectivity index (χ1n) is 3.91. The van der Waals surface area contributed by atoms with Crippen LogP contribution in [0.2, 0.25) is 0 Å². The van der Waals surface area contributed by atoms with Crippen molar-refractivity contribution in [2.75, 3.05) is 5.73 Å². The number of nitrogens with two attached hydrogens (primary N) is 1. The van der Waals surface area contributed by atoms with E-state index in [2.05, 4.69) is 23.2 Å². The van der Waals surface area contributed by atoms with E-state index in [1.54, 1.807) is 17.5 Å². The van der Waals surface area contributed by atoms with Gasteiger partial charge in [-0.3, -0.25) is 0 Å². The SMILES string of the molecule is Cc1ccc(-c2cc(N)cnn2)s1. The van der Waals surface area contributed by atoms with Gasteiger partial charge in [-0.05, 0) is 25.1 Å². The van der Waals surface area contributed by atoms with E-state index in [1.807, 2.05) is 12.1 Å². The maximum Gasteiger partial charge on any atom is 0.105 e. The second-order valence-electron chi connectivity index (χ2n) is 2.78. The van der Waals surface area contributed by atoms with E-state index < -0.39 is 0 Å².